The summed E-state index contributed by atoms with van der Waals surface area (Å²) in [5, 5.41) is 0. The summed E-state index contributed by atoms with van der Waals surface area (Å²) >= 11 is 0. The van der Waals surface area contributed by atoms with Gasteiger partial charge in [-0.05, 0) is 51.0 Å². The van der Waals surface area contributed by atoms with Gasteiger partial charge in [-0.25, -0.2) is 0 Å². The van der Waals surface area contributed by atoms with Gasteiger partial charge in [0.25, 0.3) is 0 Å². The first kappa shape index (κ1) is 15.3. The molecule has 1 aromatic heterocycles. The van der Waals surface area contributed by atoms with E-state index in [1.807, 2.05) is 27.0 Å². The van der Waals surface area contributed by atoms with E-state index in [1.54, 1.807) is 0 Å². The smallest absolute Gasteiger partial charge is 0.190 e. The highest BCUT2D eigenvalue weighted by Gasteiger charge is 2.25. The average molecular weight is 277 g/mol. The number of hydrogen-bond donors (Lipinski definition) is 0. The molecule has 1 aliphatic rings. The zero-order valence-corrected chi connectivity index (χ0v) is 13.4. The van der Waals surface area contributed by atoms with Crippen molar-refractivity contribution in [1.82, 2.24) is 4.57 Å². The van der Waals surface area contributed by atoms with Crippen LogP contribution in [0.1, 0.15) is 54.9 Å². The third-order valence-corrected chi connectivity index (χ3v) is 4.66. The summed E-state index contributed by atoms with van der Waals surface area (Å²) in [4.78, 5) is 12.3. The van der Waals surface area contributed by atoms with Crippen LogP contribution in [-0.2, 0) is 11.8 Å². The van der Waals surface area contributed by atoms with Crippen LogP contribution in [0, 0.1) is 25.7 Å². The SMILES string of the molecule is Cc1cc(C(=O)COC2CC(C)CC(C)C2)c(C)n1C. The number of aryl methyl sites for hydroxylation is 1. The molecule has 0 amide bonds. The Morgan fingerprint density at radius 2 is 1.85 bits per heavy atom. The number of Topliss-reactive ketones (excluding diaryl/α,β-unsaturated/α-hetero) is 1. The van der Waals surface area contributed by atoms with Gasteiger partial charge in [-0.2, -0.15) is 0 Å². The number of carbonyl (C=O) groups is 1. The zero-order valence-electron chi connectivity index (χ0n) is 13.4. The lowest BCUT2D eigenvalue weighted by molar-refractivity contribution is 0.00560. The number of rotatable bonds is 4. The molecule has 2 unspecified atom stereocenters. The fourth-order valence-corrected chi connectivity index (χ4v) is 3.42. The normalized spacial score (nSPS) is 26.8. The molecule has 2 atom stereocenters. The van der Waals surface area contributed by atoms with Crippen LogP contribution in [0.4, 0.5) is 0 Å². The molecule has 0 N–H and O–H groups in total. The van der Waals surface area contributed by atoms with Crippen molar-refractivity contribution in [3.8, 4) is 0 Å². The van der Waals surface area contributed by atoms with E-state index in [9.17, 15) is 4.79 Å². The van der Waals surface area contributed by atoms with Crippen LogP contribution < -0.4 is 0 Å². The van der Waals surface area contributed by atoms with Crippen LogP contribution in [0.5, 0.6) is 0 Å². The Morgan fingerprint density at radius 3 is 2.35 bits per heavy atom. The Labute approximate surface area is 122 Å². The molecule has 0 saturated heterocycles. The lowest BCUT2D eigenvalue weighted by Gasteiger charge is -2.31. The van der Waals surface area contributed by atoms with Gasteiger partial charge in [0.05, 0.1) is 6.10 Å². The first-order valence-electron chi connectivity index (χ1n) is 7.66. The van der Waals surface area contributed by atoms with Crippen molar-refractivity contribution >= 4 is 5.78 Å². The summed E-state index contributed by atoms with van der Waals surface area (Å²) < 4.78 is 7.94. The minimum Gasteiger partial charge on any atom is -0.370 e. The molecule has 0 radical (unpaired) electrons. The van der Waals surface area contributed by atoms with Crippen LogP contribution in [0.15, 0.2) is 6.07 Å². The van der Waals surface area contributed by atoms with Crippen molar-refractivity contribution < 1.29 is 9.53 Å². The quantitative estimate of drug-likeness (QED) is 0.786. The minimum atomic E-state index is 0.108. The van der Waals surface area contributed by atoms with E-state index in [2.05, 4.69) is 18.4 Å². The van der Waals surface area contributed by atoms with E-state index in [0.717, 1.165) is 29.8 Å². The molecule has 1 aromatic rings. The molecule has 0 aliphatic heterocycles. The highest BCUT2D eigenvalue weighted by atomic mass is 16.5. The van der Waals surface area contributed by atoms with Crippen molar-refractivity contribution in [2.45, 2.75) is 53.1 Å². The molecule has 20 heavy (non-hydrogen) atoms. The lowest BCUT2D eigenvalue weighted by Crippen LogP contribution is -2.28. The Hall–Kier alpha value is -1.09. The second-order valence-corrected chi connectivity index (χ2v) is 6.62. The molecule has 1 fully saturated rings. The Kier molecular flexibility index (Phi) is 4.69. The summed E-state index contributed by atoms with van der Waals surface area (Å²) in [5.74, 6) is 1.52. The molecule has 112 valence electrons. The van der Waals surface area contributed by atoms with Gasteiger partial charge in [0.2, 0.25) is 0 Å². The number of aromatic nitrogens is 1. The molecule has 0 bridgehead atoms. The molecule has 0 aromatic carbocycles. The van der Waals surface area contributed by atoms with Crippen LogP contribution >= 0.6 is 0 Å². The molecule has 1 saturated carbocycles. The molecule has 2 rings (SSSR count). The molecule has 1 heterocycles. The number of nitrogens with zero attached hydrogens (tertiary/aromatic N) is 1. The van der Waals surface area contributed by atoms with Crippen LogP contribution in [-0.4, -0.2) is 23.1 Å². The molecule has 1 aliphatic carbocycles. The molecular formula is C17H27NO2. The third-order valence-electron chi connectivity index (χ3n) is 4.66. The van der Waals surface area contributed by atoms with Crippen molar-refractivity contribution in [2.24, 2.45) is 18.9 Å². The second kappa shape index (κ2) is 6.13. The highest BCUT2D eigenvalue weighted by molar-refractivity contribution is 5.98. The Bertz CT molecular complexity index is 479. The lowest BCUT2D eigenvalue weighted by atomic mass is 9.82. The van der Waals surface area contributed by atoms with Crippen molar-refractivity contribution in [3.05, 3.63) is 23.0 Å². The van der Waals surface area contributed by atoms with Crippen molar-refractivity contribution in [1.29, 1.82) is 0 Å². The minimum absolute atomic E-state index is 0.108. The fourth-order valence-electron chi connectivity index (χ4n) is 3.42. The molecule has 3 nitrogen and oxygen atoms in total. The predicted molar refractivity (Wildman–Crippen MR) is 81.1 cm³/mol. The standard InChI is InChI=1S/C17H27NO2/c1-11-6-12(2)8-15(7-11)20-10-17(19)16-9-13(3)18(5)14(16)4/h9,11-12,15H,6-8,10H2,1-5H3. The van der Waals surface area contributed by atoms with Gasteiger partial charge in [-0.15, -0.1) is 0 Å². The van der Waals surface area contributed by atoms with E-state index in [4.69, 9.17) is 4.74 Å². The van der Waals surface area contributed by atoms with Gasteiger partial charge in [-0.3, -0.25) is 4.79 Å². The van der Waals surface area contributed by atoms with Gasteiger partial charge in [0, 0.05) is 24.0 Å². The maximum atomic E-state index is 12.3. The summed E-state index contributed by atoms with van der Waals surface area (Å²) in [6.45, 7) is 8.78. The summed E-state index contributed by atoms with van der Waals surface area (Å²) in [7, 11) is 1.99. The van der Waals surface area contributed by atoms with Crippen molar-refractivity contribution in [3.63, 3.8) is 0 Å². The monoisotopic (exact) mass is 277 g/mol. The highest BCUT2D eigenvalue weighted by Crippen LogP contribution is 2.30. The maximum absolute atomic E-state index is 12.3. The van der Waals surface area contributed by atoms with Crippen LogP contribution in [0.25, 0.3) is 0 Å². The van der Waals surface area contributed by atoms with Crippen molar-refractivity contribution in [2.75, 3.05) is 6.61 Å². The Morgan fingerprint density at radius 1 is 1.25 bits per heavy atom. The first-order valence-corrected chi connectivity index (χ1v) is 7.66. The number of hydrogen-bond acceptors (Lipinski definition) is 2. The van der Waals surface area contributed by atoms with Gasteiger partial charge in [0.1, 0.15) is 6.61 Å². The van der Waals surface area contributed by atoms with E-state index in [-0.39, 0.29) is 18.5 Å². The largest absolute Gasteiger partial charge is 0.370 e. The summed E-state index contributed by atoms with van der Waals surface area (Å²) in [6, 6.07) is 1.97. The summed E-state index contributed by atoms with van der Waals surface area (Å²) in [6.07, 6.45) is 3.71. The van der Waals surface area contributed by atoms with E-state index in [0.29, 0.717) is 11.8 Å². The predicted octanol–water partition coefficient (Wildman–Crippen LogP) is 3.67. The molecular weight excluding hydrogens is 250 g/mol. The topological polar surface area (TPSA) is 31.2 Å². The number of ketones is 1. The number of carbonyl (C=O) groups excluding carboxylic acids is 1. The summed E-state index contributed by atoms with van der Waals surface area (Å²) in [5.41, 5.74) is 2.95. The third kappa shape index (κ3) is 3.32. The zero-order chi connectivity index (χ0) is 14.9. The van der Waals surface area contributed by atoms with Crippen LogP contribution in [0.3, 0.4) is 0 Å². The van der Waals surface area contributed by atoms with E-state index >= 15 is 0 Å². The Balaban J connectivity index is 1.93. The molecule has 3 heteroatoms. The van der Waals surface area contributed by atoms with Gasteiger partial charge < -0.3 is 9.30 Å². The van der Waals surface area contributed by atoms with Crippen LogP contribution in [0.2, 0.25) is 0 Å². The first-order chi connectivity index (χ1) is 9.38. The van der Waals surface area contributed by atoms with Gasteiger partial charge in [-0.1, -0.05) is 13.8 Å². The second-order valence-electron chi connectivity index (χ2n) is 6.62. The average Bonchev–Trinajstić information content (AvgIpc) is 2.63. The van der Waals surface area contributed by atoms with Gasteiger partial charge in [0.15, 0.2) is 5.78 Å². The van der Waals surface area contributed by atoms with Gasteiger partial charge >= 0.3 is 0 Å². The van der Waals surface area contributed by atoms with E-state index < -0.39 is 0 Å². The maximum Gasteiger partial charge on any atom is 0.190 e. The molecule has 0 spiro atoms. The number of ether oxygens (including phenoxy) is 1. The van der Waals surface area contributed by atoms with E-state index in [1.165, 1.54) is 6.42 Å². The fraction of sp³-hybridized carbons (Fsp3) is 0.706.